The monoisotopic (exact) mass is 389 g/mol. The van der Waals surface area contributed by atoms with Crippen LogP contribution in [0.4, 0.5) is 0 Å². The van der Waals surface area contributed by atoms with Gasteiger partial charge in [0.2, 0.25) is 0 Å². The molecule has 0 aliphatic rings. The summed E-state index contributed by atoms with van der Waals surface area (Å²) >= 11 is 9.38. The fraction of sp³-hybridized carbons (Fsp3) is 0.0588. The van der Waals surface area contributed by atoms with Crippen molar-refractivity contribution in [2.45, 2.75) is 0 Å². The van der Waals surface area contributed by atoms with Crippen LogP contribution in [0, 0.1) is 0 Å². The second-order valence-corrected chi connectivity index (χ2v) is 6.10. The van der Waals surface area contributed by atoms with Gasteiger partial charge in [0.1, 0.15) is 11.4 Å². The molecule has 3 rings (SSSR count). The van der Waals surface area contributed by atoms with E-state index >= 15 is 0 Å². The largest absolute Gasteiger partial charge is 0.504 e. The Labute approximate surface area is 147 Å². The zero-order valence-electron chi connectivity index (χ0n) is 12.3. The highest BCUT2D eigenvalue weighted by Gasteiger charge is 2.12. The third-order valence-electron chi connectivity index (χ3n) is 3.18. The number of methoxy groups -OCH3 is 1. The highest BCUT2D eigenvalue weighted by atomic mass is 79.9. The van der Waals surface area contributed by atoms with E-state index in [1.54, 1.807) is 24.2 Å². The van der Waals surface area contributed by atoms with Crippen molar-refractivity contribution in [3.63, 3.8) is 0 Å². The maximum atomic E-state index is 5.96. The number of halogens is 2. The van der Waals surface area contributed by atoms with Gasteiger partial charge in [-0.3, -0.25) is 0 Å². The maximum absolute atomic E-state index is 5.96. The molecule has 0 atom stereocenters. The van der Waals surface area contributed by atoms with Crippen molar-refractivity contribution in [3.8, 4) is 16.9 Å². The standard InChI is InChI=1S/C17H13BrClN3O/c1-23-11-10-16-17(12-2-6-14(19)7-3-12)21-22(20-16)15-8-4-13(18)5-9-15/h2-11H,1H3/b11-10+. The van der Waals surface area contributed by atoms with Crippen LogP contribution in [0.5, 0.6) is 0 Å². The second-order valence-electron chi connectivity index (χ2n) is 4.75. The predicted molar refractivity (Wildman–Crippen MR) is 95.5 cm³/mol. The lowest BCUT2D eigenvalue weighted by Gasteiger charge is -1.99. The molecule has 0 amide bonds. The Hall–Kier alpha value is -2.11. The molecule has 23 heavy (non-hydrogen) atoms. The van der Waals surface area contributed by atoms with Crippen LogP contribution in [0.3, 0.4) is 0 Å². The molecule has 0 bridgehead atoms. The smallest absolute Gasteiger partial charge is 0.121 e. The van der Waals surface area contributed by atoms with E-state index in [0.29, 0.717) is 5.02 Å². The maximum Gasteiger partial charge on any atom is 0.121 e. The summed E-state index contributed by atoms with van der Waals surface area (Å²) in [6.45, 7) is 0. The van der Waals surface area contributed by atoms with Gasteiger partial charge in [0, 0.05) is 21.1 Å². The molecule has 0 N–H and O–H groups in total. The minimum atomic E-state index is 0.683. The van der Waals surface area contributed by atoms with E-state index in [-0.39, 0.29) is 0 Å². The lowest BCUT2D eigenvalue weighted by atomic mass is 10.1. The van der Waals surface area contributed by atoms with Crippen LogP contribution >= 0.6 is 27.5 Å². The van der Waals surface area contributed by atoms with E-state index < -0.39 is 0 Å². The molecule has 0 saturated carbocycles. The van der Waals surface area contributed by atoms with Gasteiger partial charge in [-0.25, -0.2) is 0 Å². The van der Waals surface area contributed by atoms with Gasteiger partial charge in [-0.1, -0.05) is 39.7 Å². The van der Waals surface area contributed by atoms with Crippen molar-refractivity contribution in [3.05, 3.63) is 70.0 Å². The second kappa shape index (κ2) is 6.98. The van der Waals surface area contributed by atoms with Crippen molar-refractivity contribution < 1.29 is 4.74 Å². The summed E-state index contributed by atoms with van der Waals surface area (Å²) in [5.41, 5.74) is 3.30. The predicted octanol–water partition coefficient (Wildman–Crippen LogP) is 4.97. The van der Waals surface area contributed by atoms with Gasteiger partial charge < -0.3 is 4.74 Å². The Morgan fingerprint density at radius 1 is 1.04 bits per heavy atom. The molecule has 0 unspecified atom stereocenters. The van der Waals surface area contributed by atoms with Gasteiger partial charge in [-0.2, -0.15) is 4.80 Å². The molecule has 6 heteroatoms. The zero-order chi connectivity index (χ0) is 16.2. The molecule has 0 fully saturated rings. The molecule has 0 radical (unpaired) electrons. The Balaban J connectivity index is 2.08. The van der Waals surface area contributed by atoms with Crippen LogP contribution in [0.2, 0.25) is 5.02 Å². The summed E-state index contributed by atoms with van der Waals surface area (Å²) in [5, 5.41) is 9.82. The summed E-state index contributed by atoms with van der Waals surface area (Å²) in [6.07, 6.45) is 3.36. The minimum Gasteiger partial charge on any atom is -0.504 e. The van der Waals surface area contributed by atoms with Crippen molar-refractivity contribution in [2.24, 2.45) is 0 Å². The van der Waals surface area contributed by atoms with E-state index in [9.17, 15) is 0 Å². The molecule has 0 aliphatic heterocycles. The Bertz CT molecular complexity index is 826. The third kappa shape index (κ3) is 3.63. The number of ether oxygens (including phenoxy) is 1. The molecule has 0 spiro atoms. The van der Waals surface area contributed by atoms with Crippen LogP contribution < -0.4 is 0 Å². The summed E-state index contributed by atoms with van der Waals surface area (Å²) in [5.74, 6) is 0. The minimum absolute atomic E-state index is 0.683. The number of rotatable bonds is 4. The fourth-order valence-electron chi connectivity index (χ4n) is 2.07. The summed E-state index contributed by atoms with van der Waals surface area (Å²) in [6, 6.07) is 15.3. The highest BCUT2D eigenvalue weighted by molar-refractivity contribution is 9.10. The topological polar surface area (TPSA) is 39.9 Å². The summed E-state index contributed by atoms with van der Waals surface area (Å²) in [7, 11) is 1.59. The SMILES string of the molecule is CO/C=C/c1nn(-c2ccc(Br)cc2)nc1-c1ccc(Cl)cc1. The van der Waals surface area contributed by atoms with E-state index in [4.69, 9.17) is 16.3 Å². The quantitative estimate of drug-likeness (QED) is 0.591. The molecule has 0 saturated heterocycles. The molecule has 0 aliphatic carbocycles. The summed E-state index contributed by atoms with van der Waals surface area (Å²) < 4.78 is 6.01. The first kappa shape index (κ1) is 15.8. The normalized spacial score (nSPS) is 11.1. The lowest BCUT2D eigenvalue weighted by molar-refractivity contribution is 0.341. The Kier molecular flexibility index (Phi) is 4.79. The average molecular weight is 391 g/mol. The van der Waals surface area contributed by atoms with Gasteiger partial charge in [0.15, 0.2) is 0 Å². The fourth-order valence-corrected chi connectivity index (χ4v) is 2.46. The van der Waals surface area contributed by atoms with Gasteiger partial charge in [-0.05, 0) is 36.4 Å². The lowest BCUT2D eigenvalue weighted by Crippen LogP contribution is -1.98. The van der Waals surface area contributed by atoms with Gasteiger partial charge in [0.05, 0.1) is 19.1 Å². The number of benzene rings is 2. The van der Waals surface area contributed by atoms with Crippen LogP contribution in [0.15, 0.2) is 59.3 Å². The van der Waals surface area contributed by atoms with Crippen molar-refractivity contribution >= 4 is 33.6 Å². The molecule has 116 valence electrons. The molecule has 1 heterocycles. The van der Waals surface area contributed by atoms with Crippen molar-refractivity contribution in [1.82, 2.24) is 15.0 Å². The first-order valence-corrected chi connectivity index (χ1v) is 8.03. The van der Waals surface area contributed by atoms with Crippen LogP contribution in [0.1, 0.15) is 5.69 Å². The van der Waals surface area contributed by atoms with Crippen molar-refractivity contribution in [2.75, 3.05) is 7.11 Å². The Morgan fingerprint density at radius 2 is 1.74 bits per heavy atom. The van der Waals surface area contributed by atoms with Crippen molar-refractivity contribution in [1.29, 1.82) is 0 Å². The first-order valence-electron chi connectivity index (χ1n) is 6.86. The molecule has 3 aromatic rings. The van der Waals surface area contributed by atoms with E-state index in [1.165, 1.54) is 0 Å². The van der Waals surface area contributed by atoms with Crippen LogP contribution in [-0.4, -0.2) is 22.1 Å². The van der Waals surface area contributed by atoms with Gasteiger partial charge >= 0.3 is 0 Å². The van der Waals surface area contributed by atoms with Crippen LogP contribution in [0.25, 0.3) is 23.0 Å². The summed E-state index contributed by atoms with van der Waals surface area (Å²) in [4.78, 5) is 1.60. The van der Waals surface area contributed by atoms with E-state index in [2.05, 4.69) is 26.1 Å². The third-order valence-corrected chi connectivity index (χ3v) is 3.96. The molecule has 1 aromatic heterocycles. The van der Waals surface area contributed by atoms with Gasteiger partial charge in [-0.15, -0.1) is 10.2 Å². The Morgan fingerprint density at radius 3 is 2.39 bits per heavy atom. The van der Waals surface area contributed by atoms with Crippen LogP contribution in [-0.2, 0) is 4.74 Å². The first-order chi connectivity index (χ1) is 11.2. The molecular weight excluding hydrogens is 378 g/mol. The highest BCUT2D eigenvalue weighted by Crippen LogP contribution is 2.24. The number of hydrogen-bond donors (Lipinski definition) is 0. The molecular formula is C17H13BrClN3O. The number of nitrogens with zero attached hydrogens (tertiary/aromatic N) is 3. The number of hydrogen-bond acceptors (Lipinski definition) is 3. The molecule has 2 aromatic carbocycles. The van der Waals surface area contributed by atoms with E-state index in [1.807, 2.05) is 48.5 Å². The zero-order valence-corrected chi connectivity index (χ0v) is 14.6. The number of aromatic nitrogens is 3. The molecule has 4 nitrogen and oxygen atoms in total. The van der Waals surface area contributed by atoms with E-state index in [0.717, 1.165) is 27.1 Å². The average Bonchev–Trinajstić information content (AvgIpc) is 2.98. The van der Waals surface area contributed by atoms with Gasteiger partial charge in [0.25, 0.3) is 0 Å².